The lowest BCUT2D eigenvalue weighted by Gasteiger charge is -2.11. The zero-order valence-corrected chi connectivity index (χ0v) is 10.7. The molecule has 0 saturated carbocycles. The molecule has 6 nitrogen and oxygen atoms in total. The van der Waals surface area contributed by atoms with Gasteiger partial charge in [-0.2, -0.15) is 0 Å². The van der Waals surface area contributed by atoms with Crippen LogP contribution in [0.15, 0.2) is 12.4 Å². The number of aryl methyl sites for hydroxylation is 1. The molecule has 1 aliphatic heterocycles. The van der Waals surface area contributed by atoms with Crippen molar-refractivity contribution in [2.75, 3.05) is 7.05 Å². The summed E-state index contributed by atoms with van der Waals surface area (Å²) in [6.45, 7) is 3.52. The molecule has 2 heterocycles. The maximum atomic E-state index is 11.7. The number of likely N-dealkylation sites (N-methyl/N-ethyl adjacent to an activating group) is 1. The van der Waals surface area contributed by atoms with E-state index in [-0.39, 0.29) is 18.2 Å². The van der Waals surface area contributed by atoms with Crippen LogP contribution >= 0.6 is 0 Å². The van der Waals surface area contributed by atoms with Gasteiger partial charge in [0.2, 0.25) is 11.8 Å². The van der Waals surface area contributed by atoms with E-state index < -0.39 is 6.04 Å². The molecule has 1 aromatic heterocycles. The average molecular weight is 250 g/mol. The van der Waals surface area contributed by atoms with Crippen LogP contribution in [0, 0.1) is 0 Å². The molecule has 1 aromatic rings. The molecule has 2 amide bonds. The lowest BCUT2D eigenvalue weighted by molar-refractivity contribution is -0.137. The first kappa shape index (κ1) is 12.8. The Labute approximate surface area is 106 Å². The number of carbonyl (C=O) groups excluding carboxylic acids is 2. The monoisotopic (exact) mass is 250 g/mol. The number of rotatable bonds is 5. The molecule has 0 bridgehead atoms. The normalized spacial score (nSPS) is 19.9. The highest BCUT2D eigenvalue weighted by Crippen LogP contribution is 2.11. The minimum atomic E-state index is -0.408. The Hall–Kier alpha value is -1.69. The Balaban J connectivity index is 1.94. The van der Waals surface area contributed by atoms with Crippen LogP contribution in [-0.2, 0) is 22.7 Å². The number of hydrogen-bond donors (Lipinski definition) is 1. The summed E-state index contributed by atoms with van der Waals surface area (Å²) in [5.74, 6) is 0.606. The zero-order valence-electron chi connectivity index (χ0n) is 10.7. The number of carbonyl (C=O) groups is 2. The summed E-state index contributed by atoms with van der Waals surface area (Å²) in [5, 5.41) is 3.10. The van der Waals surface area contributed by atoms with Crippen LogP contribution in [0.1, 0.15) is 25.6 Å². The van der Waals surface area contributed by atoms with E-state index in [0.29, 0.717) is 6.54 Å². The summed E-state index contributed by atoms with van der Waals surface area (Å²) in [6, 6.07) is -0.408. The van der Waals surface area contributed by atoms with Crippen molar-refractivity contribution < 1.29 is 9.59 Å². The fraction of sp³-hybridized carbons (Fsp3) is 0.583. The van der Waals surface area contributed by atoms with Crippen molar-refractivity contribution in [3.05, 3.63) is 18.2 Å². The summed E-state index contributed by atoms with van der Waals surface area (Å²) in [4.78, 5) is 28.5. The lowest BCUT2D eigenvalue weighted by Crippen LogP contribution is -2.37. The predicted octanol–water partition coefficient (Wildman–Crippen LogP) is 0.140. The van der Waals surface area contributed by atoms with Gasteiger partial charge in [0, 0.05) is 26.0 Å². The van der Waals surface area contributed by atoms with Gasteiger partial charge in [0.15, 0.2) is 0 Å². The highest BCUT2D eigenvalue weighted by Gasteiger charge is 2.35. The second-order valence-corrected chi connectivity index (χ2v) is 4.47. The Morgan fingerprint density at radius 2 is 2.28 bits per heavy atom. The lowest BCUT2D eigenvalue weighted by atomic mass is 10.2. The van der Waals surface area contributed by atoms with Crippen LogP contribution in [0.2, 0.25) is 0 Å². The summed E-state index contributed by atoms with van der Waals surface area (Å²) in [6.07, 6.45) is 4.95. The molecule has 1 N–H and O–H groups in total. The average Bonchev–Trinajstić information content (AvgIpc) is 2.88. The van der Waals surface area contributed by atoms with Crippen LogP contribution in [0.3, 0.4) is 0 Å². The fourth-order valence-electron chi connectivity index (χ4n) is 2.08. The summed E-state index contributed by atoms with van der Waals surface area (Å²) >= 11 is 0. The van der Waals surface area contributed by atoms with E-state index in [2.05, 4.69) is 21.8 Å². The van der Waals surface area contributed by atoms with Crippen molar-refractivity contribution in [3.63, 3.8) is 0 Å². The number of nitrogens with zero attached hydrogens (tertiary/aromatic N) is 3. The van der Waals surface area contributed by atoms with Gasteiger partial charge in [-0.3, -0.25) is 19.8 Å². The van der Waals surface area contributed by atoms with E-state index in [9.17, 15) is 9.59 Å². The maximum Gasteiger partial charge on any atom is 0.246 e. The highest BCUT2D eigenvalue weighted by molar-refractivity contribution is 6.05. The van der Waals surface area contributed by atoms with Gasteiger partial charge in [-0.15, -0.1) is 0 Å². The molecular formula is C12H18N4O2. The molecular weight excluding hydrogens is 232 g/mol. The minimum Gasteiger partial charge on any atom is -0.334 e. The quantitative estimate of drug-likeness (QED) is 0.755. The fourth-order valence-corrected chi connectivity index (χ4v) is 2.08. The van der Waals surface area contributed by atoms with Crippen molar-refractivity contribution in [1.29, 1.82) is 0 Å². The molecule has 1 atom stereocenters. The standard InChI is InChI=1S/C12H18N4O2/c1-3-5-16-6-4-13-10(16)8-14-9-7-11(17)15(2)12(9)18/h4,6,9,14H,3,5,7-8H2,1-2H3. The SMILES string of the molecule is CCCn1ccnc1CNC1CC(=O)N(C)C1=O. The molecule has 18 heavy (non-hydrogen) atoms. The van der Waals surface area contributed by atoms with Gasteiger partial charge in [-0.05, 0) is 6.42 Å². The zero-order chi connectivity index (χ0) is 13.1. The second kappa shape index (κ2) is 5.30. The van der Waals surface area contributed by atoms with Crippen molar-refractivity contribution in [3.8, 4) is 0 Å². The van der Waals surface area contributed by atoms with Gasteiger partial charge < -0.3 is 4.57 Å². The van der Waals surface area contributed by atoms with Crippen molar-refractivity contribution in [1.82, 2.24) is 19.8 Å². The first-order chi connectivity index (χ1) is 8.63. The number of likely N-dealkylation sites (tertiary alicyclic amines) is 1. The van der Waals surface area contributed by atoms with E-state index in [1.54, 1.807) is 6.20 Å². The van der Waals surface area contributed by atoms with Gasteiger partial charge in [0.25, 0.3) is 0 Å². The topological polar surface area (TPSA) is 67.2 Å². The summed E-state index contributed by atoms with van der Waals surface area (Å²) in [7, 11) is 1.52. The van der Waals surface area contributed by atoms with Crippen LogP contribution in [0.5, 0.6) is 0 Å². The number of nitrogens with one attached hydrogen (secondary N) is 1. The van der Waals surface area contributed by atoms with Crippen molar-refractivity contribution in [2.45, 2.75) is 38.9 Å². The second-order valence-electron chi connectivity index (χ2n) is 4.47. The molecule has 98 valence electrons. The third-order valence-corrected chi connectivity index (χ3v) is 3.15. The third kappa shape index (κ3) is 2.43. The van der Waals surface area contributed by atoms with E-state index >= 15 is 0 Å². The Kier molecular flexibility index (Phi) is 3.76. The van der Waals surface area contributed by atoms with Crippen LogP contribution in [0.25, 0.3) is 0 Å². The first-order valence-electron chi connectivity index (χ1n) is 6.17. The highest BCUT2D eigenvalue weighted by atomic mass is 16.2. The van der Waals surface area contributed by atoms with E-state index in [0.717, 1.165) is 18.8 Å². The number of amides is 2. The van der Waals surface area contributed by atoms with E-state index in [4.69, 9.17) is 0 Å². The van der Waals surface area contributed by atoms with Crippen LogP contribution in [0.4, 0.5) is 0 Å². The van der Waals surface area contributed by atoms with Crippen LogP contribution in [-0.4, -0.2) is 39.4 Å². The molecule has 1 aliphatic rings. The van der Waals surface area contributed by atoms with Gasteiger partial charge >= 0.3 is 0 Å². The molecule has 1 unspecified atom stereocenters. The molecule has 0 aliphatic carbocycles. The minimum absolute atomic E-state index is 0.130. The number of imide groups is 1. The maximum absolute atomic E-state index is 11.7. The van der Waals surface area contributed by atoms with Gasteiger partial charge in [-0.25, -0.2) is 4.98 Å². The largest absolute Gasteiger partial charge is 0.334 e. The van der Waals surface area contributed by atoms with Crippen LogP contribution < -0.4 is 5.32 Å². The Bertz CT molecular complexity index is 455. The van der Waals surface area contributed by atoms with Gasteiger partial charge in [0.05, 0.1) is 19.0 Å². The van der Waals surface area contributed by atoms with Gasteiger partial charge in [0.1, 0.15) is 5.82 Å². The molecule has 0 radical (unpaired) electrons. The molecule has 1 saturated heterocycles. The smallest absolute Gasteiger partial charge is 0.246 e. The molecule has 0 aromatic carbocycles. The first-order valence-corrected chi connectivity index (χ1v) is 6.17. The number of aromatic nitrogens is 2. The molecule has 0 spiro atoms. The molecule has 2 rings (SSSR count). The predicted molar refractivity (Wildman–Crippen MR) is 65.5 cm³/mol. The number of imidazole rings is 1. The Morgan fingerprint density at radius 1 is 1.50 bits per heavy atom. The van der Waals surface area contributed by atoms with Crippen molar-refractivity contribution in [2.24, 2.45) is 0 Å². The Morgan fingerprint density at radius 3 is 2.89 bits per heavy atom. The summed E-state index contributed by atoms with van der Waals surface area (Å²) < 4.78 is 2.05. The van der Waals surface area contributed by atoms with E-state index in [1.807, 2.05) is 6.20 Å². The van der Waals surface area contributed by atoms with E-state index in [1.165, 1.54) is 11.9 Å². The molecule has 1 fully saturated rings. The third-order valence-electron chi connectivity index (χ3n) is 3.15. The number of hydrogen-bond acceptors (Lipinski definition) is 4. The van der Waals surface area contributed by atoms with Crippen molar-refractivity contribution >= 4 is 11.8 Å². The molecule has 6 heteroatoms. The summed E-state index contributed by atoms with van der Waals surface area (Å²) in [5.41, 5.74) is 0. The van der Waals surface area contributed by atoms with Gasteiger partial charge in [-0.1, -0.05) is 6.92 Å².